The number of nitrogens with zero attached hydrogens (tertiary/aromatic N) is 2. The topological polar surface area (TPSA) is 18.5 Å². The summed E-state index contributed by atoms with van der Waals surface area (Å²) in [7, 11) is 0. The Morgan fingerprint density at radius 3 is 2.75 bits per heavy atom. The number of hydrogen-bond acceptors (Lipinski definition) is 3. The van der Waals surface area contributed by atoms with E-state index < -0.39 is 0 Å². The van der Waals surface area contributed by atoms with Gasteiger partial charge in [-0.15, -0.1) is 0 Å². The average molecular weight is 273 g/mol. The van der Waals surface area contributed by atoms with Crippen LogP contribution in [0.1, 0.15) is 31.4 Å². The average Bonchev–Trinajstić information content (AvgIpc) is 2.54. The minimum Gasteiger partial charge on any atom is -0.369 e. The molecule has 0 saturated carbocycles. The first-order valence-electron chi connectivity index (χ1n) is 8.10. The van der Waals surface area contributed by atoms with Gasteiger partial charge in [-0.25, -0.2) is 0 Å². The lowest BCUT2D eigenvalue weighted by Gasteiger charge is -2.40. The van der Waals surface area contributed by atoms with E-state index in [2.05, 4.69) is 47.2 Å². The highest BCUT2D eigenvalue weighted by molar-refractivity contribution is 5.58. The van der Waals surface area contributed by atoms with Crippen LogP contribution in [0.15, 0.2) is 18.2 Å². The summed E-state index contributed by atoms with van der Waals surface area (Å²) in [5, 5.41) is 3.47. The Bertz CT molecular complexity index is 450. The maximum Gasteiger partial charge on any atom is 0.0403 e. The van der Waals surface area contributed by atoms with E-state index in [1.165, 1.54) is 50.3 Å². The summed E-state index contributed by atoms with van der Waals surface area (Å²) in [6.07, 6.45) is 2.43. The van der Waals surface area contributed by atoms with Gasteiger partial charge in [0.2, 0.25) is 0 Å². The van der Waals surface area contributed by atoms with Crippen LogP contribution >= 0.6 is 0 Å². The molecule has 1 aromatic carbocycles. The van der Waals surface area contributed by atoms with Crippen molar-refractivity contribution in [3.8, 4) is 0 Å². The molecular formula is C17H27N3. The van der Waals surface area contributed by atoms with Crippen LogP contribution in [0, 0.1) is 0 Å². The number of fused-ring (bicyclic) bond motifs is 1. The van der Waals surface area contributed by atoms with Crippen molar-refractivity contribution in [3.63, 3.8) is 0 Å². The van der Waals surface area contributed by atoms with Crippen LogP contribution < -0.4 is 10.2 Å². The summed E-state index contributed by atoms with van der Waals surface area (Å²) in [6, 6.07) is 7.55. The van der Waals surface area contributed by atoms with Crippen LogP contribution in [0.2, 0.25) is 0 Å². The van der Waals surface area contributed by atoms with E-state index in [0.717, 1.165) is 19.1 Å². The first-order valence-corrected chi connectivity index (χ1v) is 8.10. The lowest BCUT2D eigenvalue weighted by Crippen LogP contribution is -2.49. The molecule has 3 heteroatoms. The van der Waals surface area contributed by atoms with Gasteiger partial charge in [0.25, 0.3) is 0 Å². The molecule has 1 atom stereocenters. The minimum absolute atomic E-state index is 0.728. The van der Waals surface area contributed by atoms with Crippen molar-refractivity contribution < 1.29 is 0 Å². The fraction of sp³-hybridized carbons (Fsp3) is 0.647. The number of anilines is 1. The smallest absolute Gasteiger partial charge is 0.0403 e. The van der Waals surface area contributed by atoms with Crippen LogP contribution in [-0.4, -0.2) is 43.7 Å². The van der Waals surface area contributed by atoms with Crippen LogP contribution in [0.25, 0.3) is 0 Å². The van der Waals surface area contributed by atoms with Gasteiger partial charge in [-0.2, -0.15) is 0 Å². The van der Waals surface area contributed by atoms with E-state index in [1.54, 1.807) is 5.56 Å². The van der Waals surface area contributed by atoms with E-state index in [0.29, 0.717) is 0 Å². The number of piperazine rings is 1. The third-order valence-electron chi connectivity index (χ3n) is 4.98. The van der Waals surface area contributed by atoms with Gasteiger partial charge >= 0.3 is 0 Å². The summed E-state index contributed by atoms with van der Waals surface area (Å²) in [5.74, 6) is 0. The molecule has 0 aromatic heterocycles. The van der Waals surface area contributed by atoms with Crippen LogP contribution in [0.5, 0.6) is 0 Å². The summed E-state index contributed by atoms with van der Waals surface area (Å²) >= 11 is 0. The second-order valence-electron chi connectivity index (χ2n) is 6.12. The number of rotatable bonds is 3. The van der Waals surface area contributed by atoms with Gasteiger partial charge in [0, 0.05) is 44.5 Å². The van der Waals surface area contributed by atoms with E-state index in [-0.39, 0.29) is 0 Å². The molecule has 110 valence electrons. The Kier molecular flexibility index (Phi) is 4.27. The summed E-state index contributed by atoms with van der Waals surface area (Å²) < 4.78 is 0. The largest absolute Gasteiger partial charge is 0.369 e. The van der Waals surface area contributed by atoms with Gasteiger partial charge in [0.1, 0.15) is 0 Å². The molecule has 1 aromatic rings. The van der Waals surface area contributed by atoms with Gasteiger partial charge < -0.3 is 10.2 Å². The van der Waals surface area contributed by atoms with Crippen LogP contribution in [-0.2, 0) is 13.0 Å². The number of hydrogen-bond donors (Lipinski definition) is 1. The van der Waals surface area contributed by atoms with Crippen molar-refractivity contribution in [1.82, 2.24) is 10.2 Å². The molecule has 0 aliphatic carbocycles. The molecule has 2 heterocycles. The fourth-order valence-electron chi connectivity index (χ4n) is 3.47. The molecular weight excluding hydrogens is 246 g/mol. The summed E-state index contributed by atoms with van der Waals surface area (Å²) in [5.41, 5.74) is 4.58. The first-order chi connectivity index (χ1) is 9.79. The number of nitrogens with one attached hydrogen (secondary N) is 1. The van der Waals surface area contributed by atoms with Crippen molar-refractivity contribution in [3.05, 3.63) is 29.3 Å². The molecule has 1 saturated heterocycles. The molecule has 2 aliphatic heterocycles. The van der Waals surface area contributed by atoms with Crippen LogP contribution in [0.4, 0.5) is 5.69 Å². The zero-order valence-electron chi connectivity index (χ0n) is 12.9. The van der Waals surface area contributed by atoms with Gasteiger partial charge in [0.05, 0.1) is 0 Å². The molecule has 20 heavy (non-hydrogen) atoms. The molecule has 3 nitrogen and oxygen atoms in total. The zero-order chi connectivity index (χ0) is 13.9. The summed E-state index contributed by atoms with van der Waals surface area (Å²) in [4.78, 5) is 5.23. The van der Waals surface area contributed by atoms with E-state index in [1.807, 2.05) is 0 Å². The third-order valence-corrected chi connectivity index (χ3v) is 4.98. The lowest BCUT2D eigenvalue weighted by molar-refractivity contribution is 0.192. The third kappa shape index (κ3) is 2.70. The van der Waals surface area contributed by atoms with Crippen molar-refractivity contribution in [1.29, 1.82) is 0 Å². The molecule has 2 aliphatic rings. The van der Waals surface area contributed by atoms with E-state index >= 15 is 0 Å². The van der Waals surface area contributed by atoms with Crippen LogP contribution in [0.3, 0.4) is 0 Å². The SMILES string of the molecule is CCC(C)N1CCN(c2cccc3c2CCNC3)CC1. The predicted octanol–water partition coefficient (Wildman–Crippen LogP) is 2.25. The molecule has 1 fully saturated rings. The molecule has 3 rings (SSSR count). The Hall–Kier alpha value is -1.06. The standard InChI is InChI=1S/C17H27N3/c1-3-14(2)19-9-11-20(12-10-19)17-6-4-5-15-13-18-8-7-16(15)17/h4-6,14,18H,3,7-13H2,1-2H3. The van der Waals surface area contributed by atoms with Gasteiger partial charge in [-0.3, -0.25) is 4.90 Å². The predicted molar refractivity (Wildman–Crippen MR) is 85.4 cm³/mol. The van der Waals surface area contributed by atoms with Gasteiger partial charge in [-0.1, -0.05) is 19.1 Å². The molecule has 1 N–H and O–H groups in total. The first kappa shape index (κ1) is 13.9. The second kappa shape index (κ2) is 6.15. The Morgan fingerprint density at radius 1 is 1.20 bits per heavy atom. The quantitative estimate of drug-likeness (QED) is 0.911. The highest BCUT2D eigenvalue weighted by Crippen LogP contribution is 2.27. The Labute approximate surface area is 123 Å². The lowest BCUT2D eigenvalue weighted by atomic mass is 9.98. The maximum atomic E-state index is 3.47. The van der Waals surface area contributed by atoms with E-state index in [4.69, 9.17) is 0 Å². The van der Waals surface area contributed by atoms with E-state index in [9.17, 15) is 0 Å². The molecule has 0 amide bonds. The highest BCUT2D eigenvalue weighted by Gasteiger charge is 2.23. The Balaban J connectivity index is 1.72. The molecule has 0 radical (unpaired) electrons. The van der Waals surface area contributed by atoms with Gasteiger partial charge in [-0.05, 0) is 43.5 Å². The molecule has 1 unspecified atom stereocenters. The van der Waals surface area contributed by atoms with Crippen molar-refractivity contribution >= 4 is 5.69 Å². The molecule has 0 spiro atoms. The summed E-state index contributed by atoms with van der Waals surface area (Å²) in [6.45, 7) is 11.6. The van der Waals surface area contributed by atoms with Crippen molar-refractivity contribution in [2.75, 3.05) is 37.6 Å². The van der Waals surface area contributed by atoms with Crippen molar-refractivity contribution in [2.24, 2.45) is 0 Å². The molecule has 0 bridgehead atoms. The fourth-order valence-corrected chi connectivity index (χ4v) is 3.47. The zero-order valence-corrected chi connectivity index (χ0v) is 12.9. The minimum atomic E-state index is 0.728. The highest BCUT2D eigenvalue weighted by atomic mass is 15.3. The van der Waals surface area contributed by atoms with Gasteiger partial charge in [0.15, 0.2) is 0 Å². The maximum absolute atomic E-state index is 3.47. The second-order valence-corrected chi connectivity index (χ2v) is 6.12. The van der Waals surface area contributed by atoms with Crippen molar-refractivity contribution in [2.45, 2.75) is 39.3 Å². The monoisotopic (exact) mass is 273 g/mol. The Morgan fingerprint density at radius 2 is 2.00 bits per heavy atom. The number of benzene rings is 1. The normalized spacial score (nSPS) is 21.6.